The normalized spacial score (nSPS) is 24.2. The Morgan fingerprint density at radius 3 is 2.68 bits per heavy atom. The van der Waals surface area contributed by atoms with E-state index in [2.05, 4.69) is 5.32 Å². The molecule has 1 aromatic carbocycles. The number of hydrogen-bond acceptors (Lipinski definition) is 6. The second-order valence-corrected chi connectivity index (χ2v) is 10.8. The van der Waals surface area contributed by atoms with Crippen molar-refractivity contribution >= 4 is 29.1 Å². The predicted molar refractivity (Wildman–Crippen MR) is 138 cm³/mol. The van der Waals surface area contributed by atoms with Crippen molar-refractivity contribution in [2.24, 2.45) is 0 Å². The van der Waals surface area contributed by atoms with Crippen LogP contribution in [0, 0.1) is 5.82 Å². The molecule has 0 bridgehead atoms. The topological polar surface area (TPSA) is 82.2 Å². The van der Waals surface area contributed by atoms with Gasteiger partial charge in [0.25, 0.3) is 11.8 Å². The summed E-state index contributed by atoms with van der Waals surface area (Å²) in [7, 11) is 0. The summed E-state index contributed by atoms with van der Waals surface area (Å²) in [4.78, 5) is 46.9. The molecule has 8 nitrogen and oxygen atoms in total. The first-order valence-electron chi connectivity index (χ1n) is 13.0. The summed E-state index contributed by atoms with van der Waals surface area (Å²) in [5.74, 6) is -0.946. The first-order valence-corrected chi connectivity index (χ1v) is 13.9. The zero-order valence-electron chi connectivity index (χ0n) is 20.8. The number of halogens is 1. The van der Waals surface area contributed by atoms with Gasteiger partial charge < -0.3 is 24.8 Å². The van der Waals surface area contributed by atoms with Gasteiger partial charge in [0.15, 0.2) is 0 Å². The highest BCUT2D eigenvalue weighted by Gasteiger charge is 2.45. The summed E-state index contributed by atoms with van der Waals surface area (Å²) in [5, 5.41) is 5.18. The van der Waals surface area contributed by atoms with Gasteiger partial charge in [-0.3, -0.25) is 14.4 Å². The van der Waals surface area contributed by atoms with Crippen LogP contribution in [0.2, 0.25) is 0 Å². The molecule has 0 saturated carbocycles. The average Bonchev–Trinajstić information content (AvgIpc) is 3.67. The van der Waals surface area contributed by atoms with E-state index in [-0.39, 0.29) is 36.4 Å². The summed E-state index contributed by atoms with van der Waals surface area (Å²) in [6, 6.07) is 8.03. The molecule has 4 heterocycles. The Balaban J connectivity index is 1.43. The second-order valence-electron chi connectivity index (χ2n) is 9.87. The summed E-state index contributed by atoms with van der Waals surface area (Å²) in [5.41, 5.74) is 0.327. The lowest BCUT2D eigenvalue weighted by Gasteiger charge is -2.31. The Kier molecular flexibility index (Phi) is 8.17. The minimum atomic E-state index is -0.691. The molecule has 0 aliphatic carbocycles. The standard InChI is InChI=1S/C27H33FN4O4S/c28-20-8-6-19(7-9-20)25(33)32-17-21(16-23(32)26(34)30-12-3-10-29-11-13-30)31(18-22-4-1-14-36-22)27(35)24-5-2-15-37-24/h2,5-9,15,21-23,29H,1,3-4,10-14,16-18H2. The molecule has 3 fully saturated rings. The lowest BCUT2D eigenvalue weighted by atomic mass is 10.1. The van der Waals surface area contributed by atoms with Gasteiger partial charge in [-0.2, -0.15) is 0 Å². The van der Waals surface area contributed by atoms with Crippen molar-refractivity contribution in [3.05, 3.63) is 58.0 Å². The van der Waals surface area contributed by atoms with Gasteiger partial charge >= 0.3 is 0 Å². The fourth-order valence-corrected chi connectivity index (χ4v) is 6.16. The molecular weight excluding hydrogens is 495 g/mol. The van der Waals surface area contributed by atoms with Crippen molar-refractivity contribution < 1.29 is 23.5 Å². The van der Waals surface area contributed by atoms with Crippen molar-refractivity contribution in [2.75, 3.05) is 45.9 Å². The number of likely N-dealkylation sites (tertiary alicyclic amines) is 1. The molecule has 3 amide bonds. The van der Waals surface area contributed by atoms with E-state index in [1.165, 1.54) is 35.6 Å². The van der Waals surface area contributed by atoms with Crippen LogP contribution < -0.4 is 5.32 Å². The van der Waals surface area contributed by atoms with Gasteiger partial charge in [0, 0.05) is 44.9 Å². The predicted octanol–water partition coefficient (Wildman–Crippen LogP) is 2.61. The van der Waals surface area contributed by atoms with E-state index < -0.39 is 11.9 Å². The fourth-order valence-electron chi connectivity index (χ4n) is 5.48. The van der Waals surface area contributed by atoms with Crippen LogP contribution in [0.25, 0.3) is 0 Å². The van der Waals surface area contributed by atoms with E-state index in [1.807, 2.05) is 21.2 Å². The van der Waals surface area contributed by atoms with Gasteiger partial charge in [0.05, 0.1) is 17.0 Å². The van der Waals surface area contributed by atoms with Gasteiger partial charge in [0.1, 0.15) is 11.9 Å². The van der Waals surface area contributed by atoms with Crippen LogP contribution in [-0.4, -0.2) is 96.5 Å². The average molecular weight is 529 g/mol. The van der Waals surface area contributed by atoms with Crippen LogP contribution in [0.1, 0.15) is 45.7 Å². The third-order valence-electron chi connectivity index (χ3n) is 7.43. The largest absolute Gasteiger partial charge is 0.376 e. The molecule has 3 unspecified atom stereocenters. The Labute approximate surface area is 220 Å². The molecule has 3 aliphatic rings. The number of carbonyl (C=O) groups excluding carboxylic acids is 3. The van der Waals surface area contributed by atoms with E-state index >= 15 is 0 Å². The van der Waals surface area contributed by atoms with Crippen LogP contribution in [0.4, 0.5) is 4.39 Å². The van der Waals surface area contributed by atoms with E-state index in [9.17, 15) is 18.8 Å². The van der Waals surface area contributed by atoms with Crippen molar-refractivity contribution in [1.82, 2.24) is 20.0 Å². The molecule has 5 rings (SSSR count). The van der Waals surface area contributed by atoms with E-state index in [4.69, 9.17) is 4.74 Å². The Morgan fingerprint density at radius 1 is 1.11 bits per heavy atom. The van der Waals surface area contributed by atoms with Crippen LogP contribution in [0.5, 0.6) is 0 Å². The number of nitrogens with one attached hydrogen (secondary N) is 1. The number of thiophene rings is 1. The van der Waals surface area contributed by atoms with E-state index in [0.717, 1.165) is 25.8 Å². The number of rotatable bonds is 6. The Morgan fingerprint density at radius 2 is 1.95 bits per heavy atom. The van der Waals surface area contributed by atoms with Gasteiger partial charge in [-0.25, -0.2) is 4.39 Å². The maximum absolute atomic E-state index is 13.8. The highest BCUT2D eigenvalue weighted by Crippen LogP contribution is 2.29. The summed E-state index contributed by atoms with van der Waals surface area (Å²) < 4.78 is 19.4. The van der Waals surface area contributed by atoms with Crippen LogP contribution in [0.15, 0.2) is 41.8 Å². The molecule has 3 saturated heterocycles. The monoisotopic (exact) mass is 528 g/mol. The molecule has 10 heteroatoms. The van der Waals surface area contributed by atoms with Gasteiger partial charge in [0.2, 0.25) is 5.91 Å². The summed E-state index contributed by atoms with van der Waals surface area (Å²) in [6.45, 7) is 4.09. The SMILES string of the molecule is O=C(C1CC(N(CC2CCCO2)C(=O)c2cccs2)CN1C(=O)c1ccc(F)cc1)N1CCCNCC1. The highest BCUT2D eigenvalue weighted by atomic mass is 32.1. The first kappa shape index (κ1) is 25.8. The van der Waals surface area contributed by atoms with Crippen molar-refractivity contribution in [1.29, 1.82) is 0 Å². The van der Waals surface area contributed by atoms with Gasteiger partial charge in [-0.15, -0.1) is 11.3 Å². The third-order valence-corrected chi connectivity index (χ3v) is 8.28. The molecule has 1 aromatic heterocycles. The molecule has 0 radical (unpaired) electrons. The van der Waals surface area contributed by atoms with Crippen LogP contribution in [-0.2, 0) is 9.53 Å². The number of ether oxygens (including phenoxy) is 1. The zero-order valence-corrected chi connectivity index (χ0v) is 21.6. The number of hydrogen-bond donors (Lipinski definition) is 1. The minimum Gasteiger partial charge on any atom is -0.376 e. The summed E-state index contributed by atoms with van der Waals surface area (Å²) in [6.07, 6.45) is 2.98. The van der Waals surface area contributed by atoms with E-state index in [0.29, 0.717) is 49.6 Å². The number of nitrogens with zero attached hydrogens (tertiary/aromatic N) is 3. The smallest absolute Gasteiger partial charge is 0.264 e. The van der Waals surface area contributed by atoms with Crippen molar-refractivity contribution in [3.63, 3.8) is 0 Å². The lowest BCUT2D eigenvalue weighted by molar-refractivity contribution is -0.135. The van der Waals surface area contributed by atoms with Crippen LogP contribution >= 0.6 is 11.3 Å². The lowest BCUT2D eigenvalue weighted by Crippen LogP contribution is -2.48. The molecule has 3 aliphatic heterocycles. The summed E-state index contributed by atoms with van der Waals surface area (Å²) >= 11 is 1.38. The maximum Gasteiger partial charge on any atom is 0.264 e. The van der Waals surface area contributed by atoms with Crippen molar-refractivity contribution in [3.8, 4) is 0 Å². The molecule has 3 atom stereocenters. The van der Waals surface area contributed by atoms with E-state index in [1.54, 1.807) is 11.0 Å². The zero-order chi connectivity index (χ0) is 25.8. The molecular formula is C27H33FN4O4S. The van der Waals surface area contributed by atoms with Crippen molar-refractivity contribution in [2.45, 2.75) is 43.9 Å². The molecule has 198 valence electrons. The molecule has 37 heavy (non-hydrogen) atoms. The minimum absolute atomic E-state index is 0.0587. The molecule has 2 aromatic rings. The second kappa shape index (κ2) is 11.7. The number of benzene rings is 1. The first-order chi connectivity index (χ1) is 18.0. The van der Waals surface area contributed by atoms with Gasteiger partial charge in [-0.05, 0) is 67.9 Å². The Hall–Kier alpha value is -2.82. The maximum atomic E-state index is 13.8. The van der Waals surface area contributed by atoms with Gasteiger partial charge in [-0.1, -0.05) is 6.07 Å². The van der Waals surface area contributed by atoms with Crippen LogP contribution in [0.3, 0.4) is 0 Å². The molecule has 1 N–H and O–H groups in total. The quantitative estimate of drug-likeness (QED) is 0.624. The number of carbonyl (C=O) groups is 3. The Bertz CT molecular complexity index is 1080. The number of amides is 3. The third kappa shape index (κ3) is 5.86. The molecule has 0 spiro atoms. The fraction of sp³-hybridized carbons (Fsp3) is 0.519. The highest BCUT2D eigenvalue weighted by molar-refractivity contribution is 7.12.